The van der Waals surface area contributed by atoms with E-state index in [0.29, 0.717) is 18.3 Å². The zero-order chi connectivity index (χ0) is 12.3. The lowest BCUT2D eigenvalue weighted by Crippen LogP contribution is -2.05. The van der Waals surface area contributed by atoms with Crippen LogP contribution in [0.25, 0.3) is 0 Å². The summed E-state index contributed by atoms with van der Waals surface area (Å²) in [5.74, 6) is 0.905. The molecule has 1 heterocycles. The molecule has 1 aliphatic rings. The second-order valence-corrected chi connectivity index (χ2v) is 4.81. The molecular formula is C12H15FN2OS. The van der Waals surface area contributed by atoms with Gasteiger partial charge in [0.25, 0.3) is 0 Å². The number of ether oxygens (including phenoxy) is 1. The molecule has 1 aromatic rings. The third kappa shape index (κ3) is 3.12. The number of rotatable bonds is 3. The van der Waals surface area contributed by atoms with Crippen LogP contribution in [0, 0.1) is 5.82 Å². The fraction of sp³-hybridized carbons (Fsp3) is 0.417. The highest BCUT2D eigenvalue weighted by atomic mass is 32.2. The van der Waals surface area contributed by atoms with Crippen LogP contribution in [-0.4, -0.2) is 23.6 Å². The van der Waals surface area contributed by atoms with Gasteiger partial charge in [0, 0.05) is 17.5 Å². The molecule has 0 amide bonds. The number of nitrogens with one attached hydrogen (secondary N) is 1. The van der Waals surface area contributed by atoms with Crippen LogP contribution in [0.15, 0.2) is 23.2 Å². The molecule has 0 fully saturated rings. The lowest BCUT2D eigenvalue weighted by Gasteiger charge is -2.08. The second kappa shape index (κ2) is 5.40. The summed E-state index contributed by atoms with van der Waals surface area (Å²) < 4.78 is 18.7. The molecule has 0 aromatic heterocycles. The molecule has 0 aliphatic carbocycles. The Morgan fingerprint density at radius 1 is 1.59 bits per heavy atom. The average molecular weight is 254 g/mol. The number of hydrogen-bond donors (Lipinski definition) is 1. The standard InChI is InChI=1S/C12H15FN2OS/c1-3-16-11-5-4-9(6-10(11)13)15-12-14-8(2)7-17-12/h4-6,8H,3,7H2,1-2H3,(H,14,15). The van der Waals surface area contributed by atoms with Crippen LogP contribution in [0.4, 0.5) is 10.1 Å². The van der Waals surface area contributed by atoms with E-state index >= 15 is 0 Å². The van der Waals surface area contributed by atoms with E-state index in [2.05, 4.69) is 17.2 Å². The number of nitrogens with zero attached hydrogens (tertiary/aromatic N) is 1. The van der Waals surface area contributed by atoms with E-state index in [1.54, 1.807) is 23.9 Å². The zero-order valence-corrected chi connectivity index (χ0v) is 10.7. The van der Waals surface area contributed by atoms with E-state index in [-0.39, 0.29) is 11.6 Å². The van der Waals surface area contributed by atoms with Crippen LogP contribution in [0.3, 0.4) is 0 Å². The Morgan fingerprint density at radius 3 is 3.00 bits per heavy atom. The van der Waals surface area contributed by atoms with Crippen LogP contribution in [0.2, 0.25) is 0 Å². The number of anilines is 1. The van der Waals surface area contributed by atoms with Crippen LogP contribution in [-0.2, 0) is 0 Å². The zero-order valence-electron chi connectivity index (χ0n) is 9.87. The molecule has 1 unspecified atom stereocenters. The van der Waals surface area contributed by atoms with Crippen molar-refractivity contribution in [1.29, 1.82) is 0 Å². The molecule has 1 atom stereocenters. The predicted molar refractivity (Wildman–Crippen MR) is 70.5 cm³/mol. The van der Waals surface area contributed by atoms with Gasteiger partial charge in [-0.25, -0.2) is 4.39 Å². The summed E-state index contributed by atoms with van der Waals surface area (Å²) in [4.78, 5) is 4.39. The van der Waals surface area contributed by atoms with Gasteiger partial charge in [0.1, 0.15) is 0 Å². The van der Waals surface area contributed by atoms with Crippen molar-refractivity contribution in [2.45, 2.75) is 19.9 Å². The lowest BCUT2D eigenvalue weighted by atomic mass is 10.3. The summed E-state index contributed by atoms with van der Waals surface area (Å²) in [7, 11) is 0. The summed E-state index contributed by atoms with van der Waals surface area (Å²) in [5.41, 5.74) is 0.700. The summed E-state index contributed by atoms with van der Waals surface area (Å²) in [6.07, 6.45) is 0. The monoisotopic (exact) mass is 254 g/mol. The third-order valence-corrected chi connectivity index (χ3v) is 3.41. The second-order valence-electron chi connectivity index (χ2n) is 3.80. The molecule has 1 aliphatic heterocycles. The number of aliphatic imine (C=N–C) groups is 1. The molecule has 2 rings (SSSR count). The largest absolute Gasteiger partial charge is 0.491 e. The van der Waals surface area contributed by atoms with Crippen molar-refractivity contribution >= 4 is 22.6 Å². The summed E-state index contributed by atoms with van der Waals surface area (Å²) in [6, 6.07) is 5.18. The normalized spacial score (nSPS) is 19.0. The number of hydrogen-bond acceptors (Lipinski definition) is 4. The number of benzene rings is 1. The van der Waals surface area contributed by atoms with Crippen molar-refractivity contribution in [3.05, 3.63) is 24.0 Å². The van der Waals surface area contributed by atoms with E-state index in [9.17, 15) is 4.39 Å². The van der Waals surface area contributed by atoms with Crippen LogP contribution < -0.4 is 10.1 Å². The first-order valence-corrected chi connectivity index (χ1v) is 6.57. The topological polar surface area (TPSA) is 33.6 Å². The maximum Gasteiger partial charge on any atom is 0.167 e. The van der Waals surface area contributed by atoms with E-state index in [0.717, 1.165) is 10.9 Å². The minimum absolute atomic E-state index is 0.285. The SMILES string of the molecule is CCOc1ccc(NC2=NC(C)CS2)cc1F. The van der Waals surface area contributed by atoms with E-state index in [4.69, 9.17) is 4.74 Å². The van der Waals surface area contributed by atoms with Gasteiger partial charge in [-0.1, -0.05) is 11.8 Å². The molecule has 5 heteroatoms. The van der Waals surface area contributed by atoms with Gasteiger partial charge in [-0.3, -0.25) is 4.99 Å². The smallest absolute Gasteiger partial charge is 0.167 e. The first kappa shape index (κ1) is 12.2. The van der Waals surface area contributed by atoms with Gasteiger partial charge in [-0.2, -0.15) is 0 Å². The minimum atomic E-state index is -0.353. The van der Waals surface area contributed by atoms with Gasteiger partial charge >= 0.3 is 0 Å². The Bertz CT molecular complexity index is 437. The first-order chi connectivity index (χ1) is 8.19. The fourth-order valence-electron chi connectivity index (χ4n) is 1.52. The lowest BCUT2D eigenvalue weighted by molar-refractivity contribution is 0.321. The minimum Gasteiger partial charge on any atom is -0.491 e. The van der Waals surface area contributed by atoms with Crippen molar-refractivity contribution in [2.24, 2.45) is 4.99 Å². The van der Waals surface area contributed by atoms with Crippen molar-refractivity contribution in [1.82, 2.24) is 0 Å². The maximum absolute atomic E-state index is 13.6. The van der Waals surface area contributed by atoms with Crippen LogP contribution in [0.5, 0.6) is 5.75 Å². The highest BCUT2D eigenvalue weighted by Crippen LogP contribution is 2.24. The number of thioether (sulfide) groups is 1. The Hall–Kier alpha value is -1.23. The quantitative estimate of drug-likeness (QED) is 0.899. The molecule has 1 N–H and O–H groups in total. The van der Waals surface area contributed by atoms with Crippen molar-refractivity contribution in [3.8, 4) is 5.75 Å². The van der Waals surface area contributed by atoms with Gasteiger partial charge in [-0.15, -0.1) is 0 Å². The van der Waals surface area contributed by atoms with Gasteiger partial charge in [0.15, 0.2) is 16.7 Å². The molecular weight excluding hydrogens is 239 g/mol. The molecule has 0 saturated heterocycles. The highest BCUT2D eigenvalue weighted by Gasteiger charge is 2.14. The van der Waals surface area contributed by atoms with E-state index in [1.165, 1.54) is 6.07 Å². The fourth-order valence-corrected chi connectivity index (χ4v) is 2.44. The number of halogens is 1. The van der Waals surface area contributed by atoms with Crippen LogP contribution >= 0.6 is 11.8 Å². The van der Waals surface area contributed by atoms with Crippen molar-refractivity contribution in [3.63, 3.8) is 0 Å². The van der Waals surface area contributed by atoms with E-state index < -0.39 is 0 Å². The predicted octanol–water partition coefficient (Wildman–Crippen LogP) is 3.13. The molecule has 1 aromatic carbocycles. The summed E-state index contributed by atoms with van der Waals surface area (Å²) in [5, 5.41) is 3.95. The first-order valence-electron chi connectivity index (χ1n) is 5.59. The Morgan fingerprint density at radius 2 is 2.41 bits per heavy atom. The molecule has 3 nitrogen and oxygen atoms in total. The molecule has 17 heavy (non-hydrogen) atoms. The number of amidine groups is 1. The average Bonchev–Trinajstić information content (AvgIpc) is 2.68. The molecule has 0 bridgehead atoms. The van der Waals surface area contributed by atoms with Crippen LogP contribution in [0.1, 0.15) is 13.8 Å². The summed E-state index contributed by atoms with van der Waals surface area (Å²) >= 11 is 1.65. The van der Waals surface area contributed by atoms with E-state index in [1.807, 2.05) is 6.92 Å². The maximum atomic E-state index is 13.6. The Kier molecular flexibility index (Phi) is 3.89. The van der Waals surface area contributed by atoms with Gasteiger partial charge in [0.2, 0.25) is 0 Å². The Balaban J connectivity index is 2.07. The molecule has 92 valence electrons. The van der Waals surface area contributed by atoms with Gasteiger partial charge in [-0.05, 0) is 26.0 Å². The van der Waals surface area contributed by atoms with Gasteiger partial charge < -0.3 is 10.1 Å². The Labute approximate surface area is 104 Å². The molecule has 0 spiro atoms. The van der Waals surface area contributed by atoms with Crippen molar-refractivity contribution < 1.29 is 9.13 Å². The molecule has 0 radical (unpaired) electrons. The summed E-state index contributed by atoms with van der Waals surface area (Å²) in [6.45, 7) is 4.35. The van der Waals surface area contributed by atoms with Crippen molar-refractivity contribution in [2.75, 3.05) is 17.7 Å². The highest BCUT2D eigenvalue weighted by molar-refractivity contribution is 8.14. The third-order valence-electron chi connectivity index (χ3n) is 2.28. The van der Waals surface area contributed by atoms with Gasteiger partial charge in [0.05, 0.1) is 12.6 Å². The molecule has 0 saturated carbocycles.